The monoisotopic (exact) mass is 1040 g/mol. The molecule has 11 rings (SSSR count). The fourth-order valence-corrected chi connectivity index (χ4v) is 13.0. The molecule has 3 aromatic heterocycles. The van der Waals surface area contributed by atoms with Gasteiger partial charge in [-0.15, -0.1) is 0 Å². The molecule has 0 radical (unpaired) electrons. The van der Waals surface area contributed by atoms with Crippen molar-refractivity contribution in [1.82, 2.24) is 30.0 Å². The summed E-state index contributed by atoms with van der Waals surface area (Å²) in [6.45, 7) is 12.0. The van der Waals surface area contributed by atoms with Crippen LogP contribution in [0.2, 0.25) is 0 Å². The zero-order valence-corrected chi connectivity index (χ0v) is 45.1. The van der Waals surface area contributed by atoms with Crippen LogP contribution in [0.25, 0.3) is 32.2 Å². The fourth-order valence-electron chi connectivity index (χ4n) is 12.2. The number of pyridine rings is 1. The third-order valence-corrected chi connectivity index (χ3v) is 17.1. The number of hydrogen-bond acceptors (Lipinski definition) is 12. The molecule has 7 aromatic rings. The van der Waals surface area contributed by atoms with Crippen LogP contribution in [0, 0.1) is 12.8 Å². The molecule has 4 aromatic carbocycles. The third kappa shape index (κ3) is 10.9. The van der Waals surface area contributed by atoms with E-state index < -0.39 is 17.5 Å². The van der Waals surface area contributed by atoms with Gasteiger partial charge in [0, 0.05) is 43.1 Å². The SMILES string of the molecule is Cc1c(OC2CCC(CCCN3CCC(c4cccc5c(C6CCC(=O)NC6=O)nn(C)c45)CC3)CC2)cccc1-c1ccc(N2CCc3cccc(C(=O)Nc4nc5ccccc5s4)c3C2)nc1C(=O)OC(C)(C)C. The summed E-state index contributed by atoms with van der Waals surface area (Å²) in [7, 11) is 1.97. The van der Waals surface area contributed by atoms with Crippen LogP contribution in [0.4, 0.5) is 10.9 Å². The summed E-state index contributed by atoms with van der Waals surface area (Å²) in [4.78, 5) is 67.0. The average molecular weight is 1040 g/mol. The molecule has 3 fully saturated rings. The number of benzene rings is 4. The maximum atomic E-state index is 14.1. The van der Waals surface area contributed by atoms with Crippen LogP contribution in [-0.4, -0.2) is 86.2 Å². The maximum Gasteiger partial charge on any atom is 0.358 e. The van der Waals surface area contributed by atoms with Crippen molar-refractivity contribution in [2.75, 3.05) is 36.4 Å². The zero-order valence-electron chi connectivity index (χ0n) is 44.3. The number of aromatic nitrogens is 4. The van der Waals surface area contributed by atoms with Gasteiger partial charge in [0.05, 0.1) is 33.4 Å². The molecule has 394 valence electrons. The van der Waals surface area contributed by atoms with Gasteiger partial charge in [-0.2, -0.15) is 5.10 Å². The number of rotatable bonds is 13. The van der Waals surface area contributed by atoms with Gasteiger partial charge in [-0.3, -0.25) is 29.7 Å². The number of carbonyl (C=O) groups excluding carboxylic acids is 4. The summed E-state index contributed by atoms with van der Waals surface area (Å²) < 4.78 is 15.8. The Labute approximate surface area is 448 Å². The van der Waals surface area contributed by atoms with Crippen LogP contribution >= 0.6 is 11.3 Å². The number of hydrogen-bond donors (Lipinski definition) is 2. The van der Waals surface area contributed by atoms with Gasteiger partial charge in [0.25, 0.3) is 5.91 Å². The lowest BCUT2D eigenvalue weighted by Gasteiger charge is -2.33. The molecule has 2 saturated heterocycles. The van der Waals surface area contributed by atoms with E-state index in [-0.39, 0.29) is 29.5 Å². The minimum Gasteiger partial charge on any atom is -0.490 e. The Balaban J connectivity index is 0.700. The molecule has 6 heterocycles. The minimum absolute atomic E-state index is 0.120. The number of nitrogens with one attached hydrogen (secondary N) is 2. The molecule has 1 aliphatic carbocycles. The summed E-state index contributed by atoms with van der Waals surface area (Å²) >= 11 is 1.45. The normalized spacial score (nSPS) is 19.6. The molecular formula is C61H68N8O6S. The highest BCUT2D eigenvalue weighted by atomic mass is 32.1. The predicted molar refractivity (Wildman–Crippen MR) is 298 cm³/mol. The van der Waals surface area contributed by atoms with Crippen LogP contribution in [0.5, 0.6) is 5.75 Å². The lowest BCUT2D eigenvalue weighted by Crippen LogP contribution is -2.39. The summed E-state index contributed by atoms with van der Waals surface area (Å²) in [5, 5.41) is 12.0. The summed E-state index contributed by atoms with van der Waals surface area (Å²) in [5.74, 6) is 1.04. The molecule has 2 N–H and O–H groups in total. The molecule has 14 nitrogen and oxygen atoms in total. The van der Waals surface area contributed by atoms with Crippen molar-refractivity contribution in [3.05, 3.63) is 130 Å². The van der Waals surface area contributed by atoms with Crippen molar-refractivity contribution in [1.29, 1.82) is 0 Å². The van der Waals surface area contributed by atoms with E-state index in [1.807, 2.05) is 99.2 Å². The minimum atomic E-state index is -0.732. The van der Waals surface area contributed by atoms with E-state index in [9.17, 15) is 19.2 Å². The number of fused-ring (bicyclic) bond motifs is 3. The van der Waals surface area contributed by atoms with E-state index in [1.54, 1.807) is 0 Å². The third-order valence-electron chi connectivity index (χ3n) is 16.1. The molecule has 1 atom stereocenters. The first kappa shape index (κ1) is 51.2. The first-order valence-corrected chi connectivity index (χ1v) is 28.1. The number of imide groups is 1. The number of esters is 1. The van der Waals surface area contributed by atoms with Crippen molar-refractivity contribution in [3.63, 3.8) is 0 Å². The fraction of sp³-hybridized carbons (Fsp3) is 0.426. The summed E-state index contributed by atoms with van der Waals surface area (Å²) in [6, 6.07) is 30.2. The number of nitrogens with zero attached hydrogens (tertiary/aromatic N) is 6. The Bertz CT molecular complexity index is 3310. The quantitative estimate of drug-likeness (QED) is 0.0835. The molecule has 15 heteroatoms. The van der Waals surface area contributed by atoms with Gasteiger partial charge in [-0.1, -0.05) is 65.9 Å². The molecular weight excluding hydrogens is 973 g/mol. The van der Waals surface area contributed by atoms with Crippen molar-refractivity contribution >= 4 is 67.1 Å². The summed E-state index contributed by atoms with van der Waals surface area (Å²) in [5.41, 5.74) is 8.73. The van der Waals surface area contributed by atoms with Gasteiger partial charge in [-0.05, 0) is 188 Å². The number of piperidine rings is 2. The van der Waals surface area contributed by atoms with E-state index in [0.29, 0.717) is 59.8 Å². The molecule has 76 heavy (non-hydrogen) atoms. The number of amides is 3. The van der Waals surface area contributed by atoms with E-state index in [0.717, 1.165) is 119 Å². The van der Waals surface area contributed by atoms with Gasteiger partial charge in [-0.25, -0.2) is 14.8 Å². The van der Waals surface area contributed by atoms with Crippen LogP contribution in [0.15, 0.2) is 91.0 Å². The van der Waals surface area contributed by atoms with Gasteiger partial charge in [0.2, 0.25) is 11.8 Å². The van der Waals surface area contributed by atoms with Gasteiger partial charge in [0.15, 0.2) is 10.8 Å². The van der Waals surface area contributed by atoms with E-state index >= 15 is 0 Å². The van der Waals surface area contributed by atoms with E-state index in [4.69, 9.17) is 19.6 Å². The Morgan fingerprint density at radius 3 is 2.41 bits per heavy atom. The number of anilines is 2. The number of carbonyl (C=O) groups is 4. The predicted octanol–water partition coefficient (Wildman–Crippen LogP) is 11.4. The van der Waals surface area contributed by atoms with Gasteiger partial charge in [0.1, 0.15) is 17.2 Å². The van der Waals surface area contributed by atoms with Gasteiger partial charge >= 0.3 is 5.97 Å². The number of likely N-dealkylation sites (tertiary alicyclic amines) is 1. The van der Waals surface area contributed by atoms with E-state index in [2.05, 4.69) is 56.6 Å². The maximum absolute atomic E-state index is 14.1. The highest BCUT2D eigenvalue weighted by Gasteiger charge is 2.34. The van der Waals surface area contributed by atoms with Gasteiger partial charge < -0.3 is 19.3 Å². The largest absolute Gasteiger partial charge is 0.490 e. The van der Waals surface area contributed by atoms with Crippen molar-refractivity contribution in [2.45, 2.75) is 128 Å². The standard InChI is InChI=1S/C61H68N8O6S/c1-37-42(44-25-27-52(63-55(44)59(73)75-61(2,3)4)69-35-31-39-13-8-16-45(48(39)36-69)57(71)65-60-62-49-18-6-7-20-51(49)76-60)14-10-19-50(37)74-41-23-21-38(22-24-41)12-11-32-68-33-29-40(30-34-68)43-15-9-17-46-54(66-67(5)56(43)46)47-26-28-53(70)64-58(47)72/h6-10,13-20,25,27,38,40-41,47H,11-12,21-24,26,28-36H2,1-5H3,(H,62,65,71)(H,64,70,72). The first-order valence-electron chi connectivity index (χ1n) is 27.3. The smallest absolute Gasteiger partial charge is 0.358 e. The van der Waals surface area contributed by atoms with E-state index in [1.165, 1.54) is 29.7 Å². The highest BCUT2D eigenvalue weighted by molar-refractivity contribution is 7.22. The molecule has 1 unspecified atom stereocenters. The Kier molecular flexibility index (Phi) is 14.5. The Hall–Kier alpha value is -6.97. The second-order valence-corrected chi connectivity index (χ2v) is 23.4. The van der Waals surface area contributed by atoms with Crippen LogP contribution in [0.3, 0.4) is 0 Å². The lowest BCUT2D eigenvalue weighted by atomic mass is 9.84. The zero-order chi connectivity index (χ0) is 52.7. The lowest BCUT2D eigenvalue weighted by molar-refractivity contribution is -0.134. The molecule has 0 bridgehead atoms. The molecule has 1 saturated carbocycles. The van der Waals surface area contributed by atoms with Crippen LogP contribution in [-0.2, 0) is 34.3 Å². The topological polar surface area (TPSA) is 161 Å². The Morgan fingerprint density at radius 1 is 0.829 bits per heavy atom. The first-order chi connectivity index (χ1) is 36.7. The van der Waals surface area contributed by atoms with Crippen molar-refractivity contribution < 1.29 is 28.7 Å². The molecule has 3 amide bonds. The second kappa shape index (κ2) is 21.6. The Morgan fingerprint density at radius 2 is 1.62 bits per heavy atom. The number of aryl methyl sites for hydroxylation is 1. The summed E-state index contributed by atoms with van der Waals surface area (Å²) in [6.07, 6.45) is 10.6. The van der Waals surface area contributed by atoms with Crippen molar-refractivity contribution in [2.24, 2.45) is 13.0 Å². The number of para-hydroxylation sites is 2. The highest BCUT2D eigenvalue weighted by Crippen LogP contribution is 2.40. The van der Waals surface area contributed by atoms with Crippen LogP contribution < -0.4 is 20.3 Å². The molecule has 3 aliphatic heterocycles. The average Bonchev–Trinajstić information content (AvgIpc) is 4.02. The van der Waals surface area contributed by atoms with Crippen molar-refractivity contribution in [3.8, 4) is 16.9 Å². The molecule has 4 aliphatic rings. The molecule has 0 spiro atoms. The number of thiazole rings is 1. The second-order valence-electron chi connectivity index (χ2n) is 22.3. The van der Waals surface area contributed by atoms with Crippen LogP contribution in [0.1, 0.15) is 146 Å². The number of ether oxygens (including phenoxy) is 2.